The van der Waals surface area contributed by atoms with Gasteiger partial charge in [-0.2, -0.15) is 5.10 Å². The maximum absolute atomic E-state index is 12.0. The van der Waals surface area contributed by atoms with E-state index >= 15 is 0 Å². The molecule has 0 aliphatic rings. The molecule has 6 nitrogen and oxygen atoms in total. The number of hydrogen-bond acceptors (Lipinski definition) is 5. The molecule has 3 aromatic carbocycles. The number of amides is 1. The molecule has 0 aliphatic heterocycles. The number of ether oxygens (including phenoxy) is 3. The number of carbonyl (C=O) groups is 1. The quantitative estimate of drug-likeness (QED) is 0.183. The molecule has 0 fully saturated rings. The molecule has 0 unspecified atom stereocenters. The second-order valence-electron chi connectivity index (χ2n) is 6.90. The van der Waals surface area contributed by atoms with Crippen molar-refractivity contribution < 1.29 is 19.0 Å². The summed E-state index contributed by atoms with van der Waals surface area (Å²) in [7, 11) is 3.14. The van der Waals surface area contributed by atoms with E-state index in [4.69, 9.17) is 37.4 Å². The number of rotatable bonds is 9. The lowest BCUT2D eigenvalue weighted by molar-refractivity contribution is -0.116. The highest BCUT2D eigenvalue weighted by Crippen LogP contribution is 2.37. The van der Waals surface area contributed by atoms with Crippen LogP contribution >= 0.6 is 39.1 Å². The van der Waals surface area contributed by atoms with E-state index in [9.17, 15) is 4.79 Å². The van der Waals surface area contributed by atoms with Crippen LogP contribution in [-0.4, -0.2) is 26.3 Å². The van der Waals surface area contributed by atoms with Crippen LogP contribution < -0.4 is 19.6 Å². The average molecular weight is 564 g/mol. The minimum Gasteiger partial charge on any atom is -0.497 e. The Morgan fingerprint density at radius 2 is 1.79 bits per heavy atom. The molecule has 34 heavy (non-hydrogen) atoms. The summed E-state index contributed by atoms with van der Waals surface area (Å²) < 4.78 is 17.1. The van der Waals surface area contributed by atoms with E-state index in [0.29, 0.717) is 31.6 Å². The largest absolute Gasteiger partial charge is 0.497 e. The average Bonchev–Trinajstić information content (AvgIpc) is 2.83. The lowest BCUT2D eigenvalue weighted by atomic mass is 10.2. The van der Waals surface area contributed by atoms with Crippen LogP contribution in [0.1, 0.15) is 16.7 Å². The second kappa shape index (κ2) is 12.5. The minimum atomic E-state index is -0.363. The summed E-state index contributed by atoms with van der Waals surface area (Å²) in [6, 6.07) is 16.1. The first-order valence-electron chi connectivity index (χ1n) is 9.99. The second-order valence-corrected chi connectivity index (χ2v) is 8.60. The number of hydrazone groups is 1. The molecule has 1 N–H and O–H groups in total. The van der Waals surface area contributed by atoms with E-state index < -0.39 is 0 Å². The van der Waals surface area contributed by atoms with Gasteiger partial charge in [-0.05, 0) is 69.5 Å². The molecule has 0 heterocycles. The molecule has 176 valence electrons. The molecule has 3 rings (SSSR count). The first-order valence-corrected chi connectivity index (χ1v) is 11.5. The minimum absolute atomic E-state index is 0.231. The van der Waals surface area contributed by atoms with E-state index in [0.717, 1.165) is 16.9 Å². The van der Waals surface area contributed by atoms with Gasteiger partial charge in [-0.25, -0.2) is 5.43 Å². The van der Waals surface area contributed by atoms with Gasteiger partial charge in [0.1, 0.15) is 12.4 Å². The first kappa shape index (κ1) is 25.6. The number of hydrogen-bond donors (Lipinski definition) is 1. The number of nitrogens with one attached hydrogen (secondary N) is 1. The zero-order valence-electron chi connectivity index (χ0n) is 18.3. The number of halogens is 3. The van der Waals surface area contributed by atoms with Gasteiger partial charge in [-0.15, -0.1) is 0 Å². The molecule has 0 saturated heterocycles. The van der Waals surface area contributed by atoms with Crippen molar-refractivity contribution in [1.82, 2.24) is 5.43 Å². The van der Waals surface area contributed by atoms with Gasteiger partial charge in [-0.1, -0.05) is 41.4 Å². The Kier molecular flexibility index (Phi) is 9.39. The predicted molar refractivity (Wildman–Crippen MR) is 139 cm³/mol. The van der Waals surface area contributed by atoms with E-state index in [2.05, 4.69) is 26.5 Å². The number of carbonyl (C=O) groups excluding carboxylic acids is 1. The standard InChI is InChI=1S/C25H21BrCl2N2O4/c1-32-20-8-3-16(4-9-20)5-10-24(31)30-29-14-17-11-21(26)25(23(12-17)33-2)34-15-18-6-7-19(27)13-22(18)28/h3-14H,15H2,1-2H3,(H,30,31)/b10-5+,29-14-. The Balaban J connectivity index is 1.62. The molecule has 0 aliphatic carbocycles. The van der Waals surface area contributed by atoms with Gasteiger partial charge < -0.3 is 14.2 Å². The van der Waals surface area contributed by atoms with Crippen molar-refractivity contribution in [2.75, 3.05) is 14.2 Å². The maximum atomic E-state index is 12.0. The van der Waals surface area contributed by atoms with Gasteiger partial charge >= 0.3 is 0 Å². The van der Waals surface area contributed by atoms with Crippen molar-refractivity contribution in [2.24, 2.45) is 5.10 Å². The molecule has 0 atom stereocenters. The molecule has 0 spiro atoms. The molecule has 9 heteroatoms. The summed E-state index contributed by atoms with van der Waals surface area (Å²) >= 11 is 15.7. The molecular formula is C25H21BrCl2N2O4. The van der Waals surface area contributed by atoms with Crippen LogP contribution in [0.3, 0.4) is 0 Å². The van der Waals surface area contributed by atoms with Crippen molar-refractivity contribution in [3.05, 3.63) is 91.9 Å². The molecule has 0 saturated carbocycles. The molecule has 1 amide bonds. The van der Waals surface area contributed by atoms with Gasteiger partial charge in [0.2, 0.25) is 0 Å². The van der Waals surface area contributed by atoms with Crippen LogP contribution in [0.4, 0.5) is 0 Å². The van der Waals surface area contributed by atoms with E-state index in [1.54, 1.807) is 43.5 Å². The van der Waals surface area contributed by atoms with Gasteiger partial charge in [0.05, 0.1) is 24.9 Å². The van der Waals surface area contributed by atoms with Crippen LogP contribution in [0.5, 0.6) is 17.2 Å². The Bertz CT molecular complexity index is 1210. The monoisotopic (exact) mass is 562 g/mol. The smallest absolute Gasteiger partial charge is 0.264 e. The van der Waals surface area contributed by atoms with Crippen molar-refractivity contribution in [1.29, 1.82) is 0 Å². The highest BCUT2D eigenvalue weighted by molar-refractivity contribution is 9.10. The summed E-state index contributed by atoms with van der Waals surface area (Å²) in [5.74, 6) is 1.39. The van der Waals surface area contributed by atoms with Crippen LogP contribution in [-0.2, 0) is 11.4 Å². The zero-order chi connectivity index (χ0) is 24.5. The molecule has 0 aromatic heterocycles. The third-order valence-electron chi connectivity index (χ3n) is 4.57. The van der Waals surface area contributed by atoms with Crippen molar-refractivity contribution in [3.8, 4) is 17.2 Å². The third-order valence-corrected chi connectivity index (χ3v) is 5.75. The fourth-order valence-electron chi connectivity index (χ4n) is 2.84. The lowest BCUT2D eigenvalue weighted by Gasteiger charge is -2.14. The number of methoxy groups -OCH3 is 2. The van der Waals surface area contributed by atoms with Crippen molar-refractivity contribution in [2.45, 2.75) is 6.61 Å². The first-order chi connectivity index (χ1) is 16.4. The number of nitrogens with zero attached hydrogens (tertiary/aromatic N) is 1. The van der Waals surface area contributed by atoms with Crippen LogP contribution in [0.2, 0.25) is 10.0 Å². The Morgan fingerprint density at radius 1 is 1.03 bits per heavy atom. The third kappa shape index (κ3) is 7.25. The normalized spacial score (nSPS) is 11.1. The highest BCUT2D eigenvalue weighted by atomic mass is 79.9. The Morgan fingerprint density at radius 3 is 2.47 bits per heavy atom. The molecule has 0 radical (unpaired) electrons. The topological polar surface area (TPSA) is 69.2 Å². The van der Waals surface area contributed by atoms with E-state index in [1.165, 1.54) is 19.4 Å². The summed E-state index contributed by atoms with van der Waals surface area (Å²) in [4.78, 5) is 12.0. The summed E-state index contributed by atoms with van der Waals surface area (Å²) in [6.45, 7) is 0.231. The molecule has 0 bridgehead atoms. The predicted octanol–water partition coefficient (Wildman–Crippen LogP) is 6.52. The highest BCUT2D eigenvalue weighted by Gasteiger charge is 2.12. The van der Waals surface area contributed by atoms with Crippen LogP contribution in [0.25, 0.3) is 6.08 Å². The molecule has 3 aromatic rings. The van der Waals surface area contributed by atoms with Crippen LogP contribution in [0, 0.1) is 0 Å². The van der Waals surface area contributed by atoms with Crippen molar-refractivity contribution in [3.63, 3.8) is 0 Å². The fourth-order valence-corrected chi connectivity index (χ4v) is 3.87. The molecular weight excluding hydrogens is 543 g/mol. The lowest BCUT2D eigenvalue weighted by Crippen LogP contribution is -2.14. The Hall–Kier alpha value is -3.00. The van der Waals surface area contributed by atoms with E-state index in [1.807, 2.05) is 24.3 Å². The van der Waals surface area contributed by atoms with E-state index in [-0.39, 0.29) is 12.5 Å². The van der Waals surface area contributed by atoms with Crippen LogP contribution in [0.15, 0.2) is 70.2 Å². The van der Waals surface area contributed by atoms with Crippen molar-refractivity contribution >= 4 is 57.3 Å². The maximum Gasteiger partial charge on any atom is 0.264 e. The summed E-state index contributed by atoms with van der Waals surface area (Å²) in [5, 5.41) is 5.07. The van der Waals surface area contributed by atoms with Gasteiger partial charge in [-0.3, -0.25) is 4.79 Å². The van der Waals surface area contributed by atoms with Gasteiger partial charge in [0, 0.05) is 21.7 Å². The summed E-state index contributed by atoms with van der Waals surface area (Å²) in [5.41, 5.74) is 4.81. The Labute approximate surface area is 216 Å². The fraction of sp³-hybridized carbons (Fsp3) is 0.120. The zero-order valence-corrected chi connectivity index (χ0v) is 21.4. The van der Waals surface area contributed by atoms with Gasteiger partial charge in [0.25, 0.3) is 5.91 Å². The summed E-state index contributed by atoms with van der Waals surface area (Å²) in [6.07, 6.45) is 4.59. The SMILES string of the molecule is COc1ccc(/C=C/C(=O)N/N=C\c2cc(Br)c(OCc3ccc(Cl)cc3Cl)c(OC)c2)cc1. The van der Waals surface area contributed by atoms with Gasteiger partial charge in [0.15, 0.2) is 11.5 Å². The number of benzene rings is 3.